The van der Waals surface area contributed by atoms with Gasteiger partial charge in [-0.3, -0.25) is 19.5 Å². The van der Waals surface area contributed by atoms with E-state index in [2.05, 4.69) is 16.8 Å². The number of ketones is 1. The molecule has 0 atom stereocenters. The number of thioether (sulfide) groups is 1. The van der Waals surface area contributed by atoms with Gasteiger partial charge in [-0.15, -0.1) is 16.8 Å². The fourth-order valence-electron chi connectivity index (χ4n) is 3.19. The number of aromatic nitrogens is 3. The van der Waals surface area contributed by atoms with Gasteiger partial charge in [-0.1, -0.05) is 42.1 Å². The molecule has 4 aromatic rings. The second-order valence-electron chi connectivity index (χ2n) is 6.71. The Morgan fingerprint density at radius 2 is 2.09 bits per heavy atom. The van der Waals surface area contributed by atoms with Gasteiger partial charge in [0.05, 0.1) is 17.8 Å². The van der Waals surface area contributed by atoms with E-state index in [0.717, 1.165) is 5.39 Å². The molecule has 32 heavy (non-hydrogen) atoms. The summed E-state index contributed by atoms with van der Waals surface area (Å²) in [4.78, 5) is 23.0. The largest absolute Gasteiger partial charge is 0.493 e. The number of nitrogens with zero attached hydrogens (tertiary/aromatic N) is 4. The van der Waals surface area contributed by atoms with Crippen LogP contribution in [0.2, 0.25) is 0 Å². The molecule has 0 aliphatic heterocycles. The number of carbonyl (C=O) groups excluding carboxylic acids is 1. The molecule has 162 valence electrons. The minimum absolute atomic E-state index is 0.0460. The van der Waals surface area contributed by atoms with Crippen molar-refractivity contribution in [3.8, 4) is 17.3 Å². The molecule has 2 aromatic carbocycles. The lowest BCUT2D eigenvalue weighted by molar-refractivity contribution is -0.384. The summed E-state index contributed by atoms with van der Waals surface area (Å²) >= 11 is 1.19. The molecule has 0 radical (unpaired) electrons. The van der Waals surface area contributed by atoms with Gasteiger partial charge in [0.25, 0.3) is 5.69 Å². The van der Waals surface area contributed by atoms with Crippen LogP contribution in [0, 0.1) is 10.1 Å². The van der Waals surface area contributed by atoms with Crippen molar-refractivity contribution in [2.24, 2.45) is 0 Å². The zero-order chi connectivity index (χ0) is 22.7. The summed E-state index contributed by atoms with van der Waals surface area (Å²) in [6.45, 7) is 4.19. The molecule has 0 aliphatic rings. The molecule has 0 aliphatic carbocycles. The van der Waals surface area contributed by atoms with Gasteiger partial charge < -0.3 is 9.15 Å². The number of allylic oxidation sites excluding steroid dienone is 1. The van der Waals surface area contributed by atoms with E-state index in [-0.39, 0.29) is 22.8 Å². The Morgan fingerprint density at radius 3 is 2.84 bits per heavy atom. The first-order valence-electron chi connectivity index (χ1n) is 9.53. The molecule has 0 fully saturated rings. The standard InChI is InChI=1S/C22H18N4O5S/c1-3-10-25-21(19-12-15-7-5-9-18(30-2)20(15)31-19)23-24-22(25)32-13-17(27)14-6-4-8-16(11-14)26(28)29/h3-9,11-12H,1,10,13H2,2H3. The van der Waals surface area contributed by atoms with Crippen LogP contribution in [0.3, 0.4) is 0 Å². The SMILES string of the molecule is C=CCn1c(SCC(=O)c2cccc([N+](=O)[O-])c2)nnc1-c1cc2cccc(OC)c2o1. The van der Waals surface area contributed by atoms with Gasteiger partial charge >= 0.3 is 0 Å². The highest BCUT2D eigenvalue weighted by Crippen LogP contribution is 2.34. The van der Waals surface area contributed by atoms with Crippen LogP contribution in [0.25, 0.3) is 22.6 Å². The molecule has 0 saturated heterocycles. The Bertz CT molecular complexity index is 1330. The number of nitro benzene ring substituents is 1. The highest BCUT2D eigenvalue weighted by molar-refractivity contribution is 7.99. The maximum Gasteiger partial charge on any atom is 0.270 e. The van der Waals surface area contributed by atoms with Gasteiger partial charge in [0.2, 0.25) is 5.82 Å². The van der Waals surface area contributed by atoms with Crippen molar-refractivity contribution in [2.75, 3.05) is 12.9 Å². The van der Waals surface area contributed by atoms with Crippen molar-refractivity contribution >= 4 is 34.2 Å². The number of nitro groups is 1. The van der Waals surface area contributed by atoms with E-state index in [1.807, 2.05) is 24.3 Å². The Hall–Kier alpha value is -3.92. The van der Waals surface area contributed by atoms with E-state index in [0.29, 0.717) is 34.6 Å². The van der Waals surface area contributed by atoms with Gasteiger partial charge in [-0.05, 0) is 12.1 Å². The smallest absolute Gasteiger partial charge is 0.270 e. The summed E-state index contributed by atoms with van der Waals surface area (Å²) in [7, 11) is 1.57. The molecule has 2 aromatic heterocycles. The fourth-order valence-corrected chi connectivity index (χ4v) is 4.03. The van der Waals surface area contributed by atoms with Crippen LogP contribution in [0.15, 0.2) is 70.8 Å². The van der Waals surface area contributed by atoms with Crippen molar-refractivity contribution in [2.45, 2.75) is 11.7 Å². The third-order valence-electron chi connectivity index (χ3n) is 4.69. The average molecular weight is 450 g/mol. The van der Waals surface area contributed by atoms with Gasteiger partial charge in [-0.25, -0.2) is 0 Å². The van der Waals surface area contributed by atoms with Gasteiger partial charge in [0.1, 0.15) is 0 Å². The molecular weight excluding hydrogens is 432 g/mol. The number of fused-ring (bicyclic) bond motifs is 1. The number of hydrogen-bond donors (Lipinski definition) is 0. The highest BCUT2D eigenvalue weighted by atomic mass is 32.2. The lowest BCUT2D eigenvalue weighted by atomic mass is 10.1. The summed E-state index contributed by atoms with van der Waals surface area (Å²) < 4.78 is 13.1. The Balaban J connectivity index is 1.60. The minimum Gasteiger partial charge on any atom is -0.493 e. The minimum atomic E-state index is -0.529. The second-order valence-corrected chi connectivity index (χ2v) is 7.66. The number of hydrogen-bond acceptors (Lipinski definition) is 8. The topological polar surface area (TPSA) is 113 Å². The molecule has 0 saturated carbocycles. The zero-order valence-electron chi connectivity index (χ0n) is 17.1. The summed E-state index contributed by atoms with van der Waals surface area (Å²) in [6, 6.07) is 13.1. The van der Waals surface area contributed by atoms with Crippen LogP contribution in [-0.4, -0.2) is 38.3 Å². The lowest BCUT2D eigenvalue weighted by Crippen LogP contribution is -2.06. The van der Waals surface area contributed by atoms with Crippen LogP contribution >= 0.6 is 11.8 Å². The summed E-state index contributed by atoms with van der Waals surface area (Å²) in [5.74, 6) is 1.41. The van der Waals surface area contributed by atoms with Crippen molar-refractivity contribution in [3.63, 3.8) is 0 Å². The van der Waals surface area contributed by atoms with Crippen molar-refractivity contribution in [1.29, 1.82) is 0 Å². The molecule has 2 heterocycles. The van der Waals surface area contributed by atoms with E-state index < -0.39 is 4.92 Å². The highest BCUT2D eigenvalue weighted by Gasteiger charge is 2.20. The average Bonchev–Trinajstić information content (AvgIpc) is 3.41. The first-order chi connectivity index (χ1) is 15.5. The van der Waals surface area contributed by atoms with Crippen LogP contribution in [0.4, 0.5) is 5.69 Å². The third-order valence-corrected chi connectivity index (χ3v) is 5.65. The number of Topliss-reactive ketones (excluding diaryl/α,β-unsaturated/α-hetero) is 1. The molecule has 0 unspecified atom stereocenters. The van der Waals surface area contributed by atoms with E-state index in [9.17, 15) is 14.9 Å². The van der Waals surface area contributed by atoms with Crippen LogP contribution in [-0.2, 0) is 6.54 Å². The molecule has 0 N–H and O–H groups in total. The van der Waals surface area contributed by atoms with Crippen molar-refractivity contribution in [1.82, 2.24) is 14.8 Å². The Kier molecular flexibility index (Phi) is 6.04. The fraction of sp³-hybridized carbons (Fsp3) is 0.136. The predicted molar refractivity (Wildman–Crippen MR) is 120 cm³/mol. The molecule has 4 rings (SSSR count). The van der Waals surface area contributed by atoms with Gasteiger partial charge in [-0.2, -0.15) is 0 Å². The number of furan rings is 1. The number of non-ortho nitro benzene ring substituents is 1. The van der Waals surface area contributed by atoms with E-state index >= 15 is 0 Å². The van der Waals surface area contributed by atoms with Crippen molar-refractivity contribution < 1.29 is 18.9 Å². The zero-order valence-corrected chi connectivity index (χ0v) is 17.9. The number of rotatable bonds is 9. The normalized spacial score (nSPS) is 10.9. The Labute approximate surface area is 186 Å². The molecule has 9 nitrogen and oxygen atoms in total. The number of benzene rings is 2. The molecule has 0 amide bonds. The summed E-state index contributed by atoms with van der Waals surface area (Å²) in [6.07, 6.45) is 1.70. The summed E-state index contributed by atoms with van der Waals surface area (Å²) in [5, 5.41) is 20.8. The molecular formula is C22H18N4O5S. The summed E-state index contributed by atoms with van der Waals surface area (Å²) in [5.41, 5.74) is 0.748. The van der Waals surface area contributed by atoms with Crippen LogP contribution < -0.4 is 4.74 Å². The number of methoxy groups -OCH3 is 1. The molecule has 10 heteroatoms. The van der Waals surface area contributed by atoms with Crippen LogP contribution in [0.5, 0.6) is 5.75 Å². The number of ether oxygens (including phenoxy) is 1. The predicted octanol–water partition coefficient (Wildman–Crippen LogP) is 4.77. The molecule has 0 bridgehead atoms. The lowest BCUT2D eigenvalue weighted by Gasteiger charge is -2.06. The second kappa shape index (κ2) is 9.06. The van der Waals surface area contributed by atoms with E-state index in [1.54, 1.807) is 23.8 Å². The number of carbonyl (C=O) groups is 1. The van der Waals surface area contributed by atoms with Crippen molar-refractivity contribution in [3.05, 3.63) is 76.9 Å². The monoisotopic (exact) mass is 450 g/mol. The first kappa shape index (κ1) is 21.3. The first-order valence-corrected chi connectivity index (χ1v) is 10.5. The van der Waals surface area contributed by atoms with Crippen LogP contribution in [0.1, 0.15) is 10.4 Å². The van der Waals surface area contributed by atoms with E-state index in [1.165, 1.54) is 30.0 Å². The number of para-hydroxylation sites is 1. The maximum absolute atomic E-state index is 12.6. The van der Waals surface area contributed by atoms with E-state index in [4.69, 9.17) is 9.15 Å². The maximum atomic E-state index is 12.6. The Morgan fingerprint density at radius 1 is 1.28 bits per heavy atom. The molecule has 0 spiro atoms. The third kappa shape index (κ3) is 4.12. The van der Waals surface area contributed by atoms with Gasteiger partial charge in [0.15, 0.2) is 28.0 Å². The quantitative estimate of drug-likeness (QED) is 0.118. The van der Waals surface area contributed by atoms with Gasteiger partial charge in [0, 0.05) is 29.6 Å².